The zero-order valence-corrected chi connectivity index (χ0v) is 11.2. The molecule has 1 N–H and O–H groups in total. The highest BCUT2D eigenvalue weighted by atomic mass is 16.5. The maximum Gasteiger partial charge on any atom is 0.0700 e. The van der Waals surface area contributed by atoms with Gasteiger partial charge in [-0.1, -0.05) is 12.8 Å². The van der Waals surface area contributed by atoms with Crippen molar-refractivity contribution in [2.24, 2.45) is 5.92 Å². The Kier molecular flexibility index (Phi) is 7.77. The molecule has 1 aliphatic carbocycles. The lowest BCUT2D eigenvalue weighted by atomic mass is 9.86. The third-order valence-corrected chi connectivity index (χ3v) is 3.46. The molecule has 0 bridgehead atoms. The molecule has 4 nitrogen and oxygen atoms in total. The van der Waals surface area contributed by atoms with Crippen LogP contribution in [-0.2, 0) is 9.47 Å². The fraction of sp³-hybridized carbons (Fsp3) is 1.00. The zero-order valence-electron chi connectivity index (χ0n) is 11.2. The van der Waals surface area contributed by atoms with Crippen LogP contribution in [0.4, 0.5) is 0 Å². The van der Waals surface area contributed by atoms with Crippen LogP contribution in [0.1, 0.15) is 25.7 Å². The molecule has 0 aromatic heterocycles. The molecular formula is C13H27NO3. The largest absolute Gasteiger partial charge is 0.393 e. The summed E-state index contributed by atoms with van der Waals surface area (Å²) in [5, 5.41) is 9.88. The maximum atomic E-state index is 9.88. The summed E-state index contributed by atoms with van der Waals surface area (Å²) >= 11 is 0. The van der Waals surface area contributed by atoms with E-state index in [2.05, 4.69) is 11.9 Å². The van der Waals surface area contributed by atoms with Crippen LogP contribution in [0.25, 0.3) is 0 Å². The summed E-state index contributed by atoms with van der Waals surface area (Å²) in [5.41, 5.74) is 0. The van der Waals surface area contributed by atoms with Crippen molar-refractivity contribution in [3.05, 3.63) is 0 Å². The second kappa shape index (κ2) is 8.86. The van der Waals surface area contributed by atoms with Crippen LogP contribution in [0.15, 0.2) is 0 Å². The molecule has 1 rings (SSSR count). The quantitative estimate of drug-likeness (QED) is 0.651. The first-order valence-electron chi connectivity index (χ1n) is 6.67. The van der Waals surface area contributed by atoms with Crippen molar-refractivity contribution >= 4 is 0 Å². The Morgan fingerprint density at radius 2 is 1.94 bits per heavy atom. The fourth-order valence-electron chi connectivity index (χ4n) is 2.36. The van der Waals surface area contributed by atoms with Crippen LogP contribution < -0.4 is 0 Å². The van der Waals surface area contributed by atoms with E-state index in [0.29, 0.717) is 19.1 Å². The Hall–Kier alpha value is -0.160. The van der Waals surface area contributed by atoms with Gasteiger partial charge in [0, 0.05) is 20.2 Å². The highest BCUT2D eigenvalue weighted by molar-refractivity contribution is 4.76. The van der Waals surface area contributed by atoms with Crippen molar-refractivity contribution in [3.8, 4) is 0 Å². The molecule has 102 valence electrons. The molecule has 17 heavy (non-hydrogen) atoms. The standard InChI is InChI=1S/C13H27NO3/c1-14(7-8-17-10-9-16-2)11-12-5-3-4-6-13(12)15/h12-13,15H,3-11H2,1-2H3. The predicted octanol–water partition coefficient (Wildman–Crippen LogP) is 1.13. The first kappa shape index (κ1) is 14.9. The minimum Gasteiger partial charge on any atom is -0.393 e. The van der Waals surface area contributed by atoms with Gasteiger partial charge in [0.15, 0.2) is 0 Å². The molecule has 0 saturated heterocycles. The van der Waals surface area contributed by atoms with E-state index in [1.807, 2.05) is 0 Å². The number of methoxy groups -OCH3 is 1. The maximum absolute atomic E-state index is 9.88. The third-order valence-electron chi connectivity index (χ3n) is 3.46. The monoisotopic (exact) mass is 245 g/mol. The van der Waals surface area contributed by atoms with E-state index in [4.69, 9.17) is 9.47 Å². The van der Waals surface area contributed by atoms with Gasteiger partial charge in [-0.05, 0) is 25.8 Å². The van der Waals surface area contributed by atoms with Crippen molar-refractivity contribution < 1.29 is 14.6 Å². The van der Waals surface area contributed by atoms with E-state index in [1.54, 1.807) is 7.11 Å². The van der Waals surface area contributed by atoms with Gasteiger partial charge in [-0.25, -0.2) is 0 Å². The molecule has 0 aromatic carbocycles. The summed E-state index contributed by atoms with van der Waals surface area (Å²) in [4.78, 5) is 2.26. The highest BCUT2D eigenvalue weighted by Crippen LogP contribution is 2.24. The molecule has 2 unspecified atom stereocenters. The summed E-state index contributed by atoms with van der Waals surface area (Å²) in [5.74, 6) is 0.452. The number of nitrogens with zero attached hydrogens (tertiary/aromatic N) is 1. The van der Waals surface area contributed by atoms with Gasteiger partial charge in [0.25, 0.3) is 0 Å². The lowest BCUT2D eigenvalue weighted by molar-refractivity contribution is 0.0347. The second-order valence-corrected chi connectivity index (χ2v) is 4.98. The van der Waals surface area contributed by atoms with Gasteiger partial charge in [0.2, 0.25) is 0 Å². The van der Waals surface area contributed by atoms with E-state index >= 15 is 0 Å². The van der Waals surface area contributed by atoms with E-state index < -0.39 is 0 Å². The van der Waals surface area contributed by atoms with Crippen LogP contribution in [0.3, 0.4) is 0 Å². The molecule has 0 radical (unpaired) electrons. The first-order chi connectivity index (χ1) is 8.24. The molecule has 0 aromatic rings. The van der Waals surface area contributed by atoms with Crippen molar-refractivity contribution in [3.63, 3.8) is 0 Å². The van der Waals surface area contributed by atoms with Crippen molar-refractivity contribution in [1.82, 2.24) is 4.90 Å². The molecule has 0 aliphatic heterocycles. The van der Waals surface area contributed by atoms with E-state index in [1.165, 1.54) is 12.8 Å². The van der Waals surface area contributed by atoms with Crippen LogP contribution >= 0.6 is 0 Å². The molecule has 0 heterocycles. The van der Waals surface area contributed by atoms with E-state index in [9.17, 15) is 5.11 Å². The number of likely N-dealkylation sites (N-methyl/N-ethyl adjacent to an activating group) is 1. The number of hydrogen-bond acceptors (Lipinski definition) is 4. The Labute approximate surface area is 105 Å². The molecule has 4 heteroatoms. The van der Waals surface area contributed by atoms with Gasteiger partial charge in [-0.15, -0.1) is 0 Å². The number of aliphatic hydroxyl groups is 1. The summed E-state index contributed by atoms with van der Waals surface area (Å²) in [6, 6.07) is 0. The minimum absolute atomic E-state index is 0.0967. The number of aliphatic hydroxyl groups excluding tert-OH is 1. The predicted molar refractivity (Wildman–Crippen MR) is 68.2 cm³/mol. The lowest BCUT2D eigenvalue weighted by Crippen LogP contribution is -2.36. The SMILES string of the molecule is COCCOCCN(C)CC1CCCCC1O. The summed E-state index contributed by atoms with van der Waals surface area (Å²) in [7, 11) is 3.78. The Bertz CT molecular complexity index is 190. The van der Waals surface area contributed by atoms with Crippen molar-refractivity contribution in [1.29, 1.82) is 0 Å². The molecule has 2 atom stereocenters. The number of hydrogen-bond donors (Lipinski definition) is 1. The molecule has 1 fully saturated rings. The third kappa shape index (κ3) is 6.36. The van der Waals surface area contributed by atoms with Gasteiger partial charge < -0.3 is 19.5 Å². The molecule has 1 aliphatic rings. The van der Waals surface area contributed by atoms with Crippen LogP contribution in [0.5, 0.6) is 0 Å². The lowest BCUT2D eigenvalue weighted by Gasteiger charge is -2.31. The number of rotatable bonds is 8. The first-order valence-corrected chi connectivity index (χ1v) is 6.67. The van der Waals surface area contributed by atoms with Gasteiger partial charge in [-0.2, -0.15) is 0 Å². The van der Waals surface area contributed by atoms with Crippen molar-refractivity contribution in [2.75, 3.05) is 47.1 Å². The summed E-state index contributed by atoms with van der Waals surface area (Å²) < 4.78 is 10.3. The van der Waals surface area contributed by atoms with Gasteiger partial charge in [0.05, 0.1) is 25.9 Å². The van der Waals surface area contributed by atoms with Gasteiger partial charge in [0.1, 0.15) is 0 Å². The summed E-state index contributed by atoms with van der Waals surface area (Å²) in [6.07, 6.45) is 4.49. The van der Waals surface area contributed by atoms with Gasteiger partial charge in [-0.3, -0.25) is 0 Å². The topological polar surface area (TPSA) is 41.9 Å². The molecule has 1 saturated carbocycles. The van der Waals surface area contributed by atoms with Crippen molar-refractivity contribution in [2.45, 2.75) is 31.8 Å². The Balaban J connectivity index is 2.05. The van der Waals surface area contributed by atoms with Crippen LogP contribution in [-0.4, -0.2) is 63.2 Å². The fourth-order valence-corrected chi connectivity index (χ4v) is 2.36. The summed E-state index contributed by atoms with van der Waals surface area (Å²) in [6.45, 7) is 3.96. The van der Waals surface area contributed by atoms with E-state index in [0.717, 1.165) is 32.5 Å². The normalized spacial score (nSPS) is 25.4. The van der Waals surface area contributed by atoms with Crippen LogP contribution in [0, 0.1) is 5.92 Å². The Morgan fingerprint density at radius 1 is 1.18 bits per heavy atom. The minimum atomic E-state index is -0.0967. The van der Waals surface area contributed by atoms with E-state index in [-0.39, 0.29) is 6.10 Å². The number of ether oxygens (including phenoxy) is 2. The van der Waals surface area contributed by atoms with Crippen LogP contribution in [0.2, 0.25) is 0 Å². The van der Waals surface area contributed by atoms with Gasteiger partial charge >= 0.3 is 0 Å². The molecule has 0 amide bonds. The second-order valence-electron chi connectivity index (χ2n) is 4.98. The highest BCUT2D eigenvalue weighted by Gasteiger charge is 2.23. The Morgan fingerprint density at radius 3 is 2.65 bits per heavy atom. The average Bonchev–Trinajstić information content (AvgIpc) is 2.32. The zero-order chi connectivity index (χ0) is 12.5. The average molecular weight is 245 g/mol. The smallest absolute Gasteiger partial charge is 0.0700 e. The molecule has 0 spiro atoms. The molecular weight excluding hydrogens is 218 g/mol.